The Hall–Kier alpha value is -2.43. The molecular weight excluding hydrogens is 298 g/mol. The number of anilines is 2. The Labute approximate surface area is 134 Å². The highest BCUT2D eigenvalue weighted by molar-refractivity contribution is 5.96. The van der Waals surface area contributed by atoms with E-state index in [1.165, 1.54) is 11.6 Å². The molecule has 0 bridgehead atoms. The maximum Gasteiger partial charge on any atom is 0.246 e. The van der Waals surface area contributed by atoms with Gasteiger partial charge in [-0.15, -0.1) is 0 Å². The van der Waals surface area contributed by atoms with E-state index < -0.39 is 17.7 Å². The van der Waals surface area contributed by atoms with Gasteiger partial charge >= 0.3 is 0 Å². The van der Waals surface area contributed by atoms with E-state index in [0.717, 1.165) is 30.7 Å². The number of halogens is 2. The van der Waals surface area contributed by atoms with Gasteiger partial charge in [-0.2, -0.15) is 0 Å². The van der Waals surface area contributed by atoms with Gasteiger partial charge in [-0.25, -0.2) is 8.78 Å². The second kappa shape index (κ2) is 7.72. The van der Waals surface area contributed by atoms with Gasteiger partial charge < -0.3 is 10.6 Å². The van der Waals surface area contributed by atoms with Crippen LogP contribution in [0.4, 0.5) is 20.2 Å². The van der Waals surface area contributed by atoms with Crippen LogP contribution in [0.15, 0.2) is 42.5 Å². The molecule has 0 spiro atoms. The first-order valence-electron chi connectivity index (χ1n) is 7.61. The first-order chi connectivity index (χ1) is 11.0. The summed E-state index contributed by atoms with van der Waals surface area (Å²) in [6.07, 6.45) is 2.10. The summed E-state index contributed by atoms with van der Waals surface area (Å²) in [5.74, 6) is -2.26. The van der Waals surface area contributed by atoms with Gasteiger partial charge in [0.15, 0.2) is 11.6 Å². The molecule has 1 atom stereocenters. The minimum atomic E-state index is -0.991. The van der Waals surface area contributed by atoms with Gasteiger partial charge in [0.1, 0.15) is 6.04 Å². The van der Waals surface area contributed by atoms with E-state index in [1.54, 1.807) is 6.92 Å². The summed E-state index contributed by atoms with van der Waals surface area (Å²) < 4.78 is 26.0. The number of carbonyl (C=O) groups is 1. The Morgan fingerprint density at radius 1 is 1.04 bits per heavy atom. The van der Waals surface area contributed by atoms with E-state index in [0.29, 0.717) is 0 Å². The molecule has 1 unspecified atom stereocenters. The number of amides is 1. The summed E-state index contributed by atoms with van der Waals surface area (Å²) in [5, 5.41) is 5.63. The lowest BCUT2D eigenvalue weighted by Crippen LogP contribution is -2.31. The normalized spacial score (nSPS) is 11.8. The highest BCUT2D eigenvalue weighted by Gasteiger charge is 2.13. The van der Waals surface area contributed by atoms with Crippen molar-refractivity contribution in [2.75, 3.05) is 10.6 Å². The first kappa shape index (κ1) is 16.9. The van der Waals surface area contributed by atoms with E-state index >= 15 is 0 Å². The molecule has 1 amide bonds. The van der Waals surface area contributed by atoms with Crippen molar-refractivity contribution in [1.29, 1.82) is 0 Å². The lowest BCUT2D eigenvalue weighted by molar-refractivity contribution is -0.116. The molecule has 0 aliphatic carbocycles. The molecule has 0 aliphatic rings. The quantitative estimate of drug-likeness (QED) is 0.831. The van der Waals surface area contributed by atoms with Crippen LogP contribution in [0.25, 0.3) is 0 Å². The van der Waals surface area contributed by atoms with E-state index in [4.69, 9.17) is 0 Å². The average molecular weight is 318 g/mol. The Morgan fingerprint density at radius 3 is 2.30 bits per heavy atom. The lowest BCUT2D eigenvalue weighted by Gasteiger charge is -2.15. The van der Waals surface area contributed by atoms with Gasteiger partial charge in [-0.05, 0) is 43.2 Å². The molecule has 0 fully saturated rings. The SMILES string of the molecule is CCCc1ccc(NC(C)C(=O)Nc2ccc(F)c(F)c2)cc1. The molecule has 2 rings (SSSR count). The zero-order chi connectivity index (χ0) is 16.8. The number of benzene rings is 2. The van der Waals surface area contributed by atoms with Crippen molar-refractivity contribution in [2.24, 2.45) is 0 Å². The van der Waals surface area contributed by atoms with E-state index in [2.05, 4.69) is 17.6 Å². The summed E-state index contributed by atoms with van der Waals surface area (Å²) in [4.78, 5) is 12.1. The van der Waals surface area contributed by atoms with Gasteiger partial charge in [0.05, 0.1) is 0 Å². The highest BCUT2D eigenvalue weighted by Crippen LogP contribution is 2.15. The molecule has 2 N–H and O–H groups in total. The molecule has 0 saturated carbocycles. The van der Waals surface area contributed by atoms with E-state index in [1.807, 2.05) is 24.3 Å². The molecule has 5 heteroatoms. The fraction of sp³-hybridized carbons (Fsp3) is 0.278. The van der Waals surface area contributed by atoms with Gasteiger partial charge in [-0.1, -0.05) is 25.5 Å². The maximum atomic E-state index is 13.1. The van der Waals surface area contributed by atoms with Crippen molar-refractivity contribution < 1.29 is 13.6 Å². The maximum absolute atomic E-state index is 13.1. The Kier molecular flexibility index (Phi) is 5.68. The molecule has 23 heavy (non-hydrogen) atoms. The predicted molar refractivity (Wildman–Crippen MR) is 88.5 cm³/mol. The number of carbonyl (C=O) groups excluding carboxylic acids is 1. The van der Waals surface area contributed by atoms with Crippen molar-refractivity contribution in [2.45, 2.75) is 32.7 Å². The number of hydrogen-bond acceptors (Lipinski definition) is 2. The number of aryl methyl sites for hydroxylation is 1. The van der Waals surface area contributed by atoms with Crippen LogP contribution in [0.3, 0.4) is 0 Å². The summed E-state index contributed by atoms with van der Waals surface area (Å²) in [7, 11) is 0. The highest BCUT2D eigenvalue weighted by atomic mass is 19.2. The zero-order valence-corrected chi connectivity index (χ0v) is 13.2. The third-order valence-corrected chi connectivity index (χ3v) is 3.46. The third kappa shape index (κ3) is 4.77. The fourth-order valence-corrected chi connectivity index (χ4v) is 2.20. The fourth-order valence-electron chi connectivity index (χ4n) is 2.20. The van der Waals surface area contributed by atoms with Crippen LogP contribution >= 0.6 is 0 Å². The van der Waals surface area contributed by atoms with Gasteiger partial charge in [-0.3, -0.25) is 4.79 Å². The molecule has 122 valence electrons. The average Bonchev–Trinajstić information content (AvgIpc) is 2.53. The molecular formula is C18H20F2N2O. The topological polar surface area (TPSA) is 41.1 Å². The Morgan fingerprint density at radius 2 is 1.70 bits per heavy atom. The lowest BCUT2D eigenvalue weighted by atomic mass is 10.1. The zero-order valence-electron chi connectivity index (χ0n) is 13.2. The largest absolute Gasteiger partial charge is 0.374 e. The minimum Gasteiger partial charge on any atom is -0.374 e. The molecule has 0 saturated heterocycles. The number of rotatable bonds is 6. The predicted octanol–water partition coefficient (Wildman–Crippen LogP) is 4.36. The van der Waals surface area contributed by atoms with E-state index in [-0.39, 0.29) is 11.6 Å². The van der Waals surface area contributed by atoms with Crippen LogP contribution in [0.1, 0.15) is 25.8 Å². The van der Waals surface area contributed by atoms with Crippen molar-refractivity contribution in [3.8, 4) is 0 Å². The van der Waals surface area contributed by atoms with Crippen molar-refractivity contribution >= 4 is 17.3 Å². The summed E-state index contributed by atoms with van der Waals surface area (Å²) in [6, 6.07) is 10.6. The van der Waals surface area contributed by atoms with Crippen LogP contribution in [0.5, 0.6) is 0 Å². The van der Waals surface area contributed by atoms with Crippen LogP contribution < -0.4 is 10.6 Å². The molecule has 0 aliphatic heterocycles. The molecule has 2 aromatic carbocycles. The smallest absolute Gasteiger partial charge is 0.246 e. The van der Waals surface area contributed by atoms with Crippen molar-refractivity contribution in [3.63, 3.8) is 0 Å². The standard InChI is InChI=1S/C18H20F2N2O/c1-3-4-13-5-7-14(8-6-13)21-12(2)18(23)22-15-9-10-16(19)17(20)11-15/h5-12,21H,3-4H2,1-2H3,(H,22,23). The third-order valence-electron chi connectivity index (χ3n) is 3.46. The Balaban J connectivity index is 1.95. The second-order valence-electron chi connectivity index (χ2n) is 5.43. The summed E-state index contributed by atoms with van der Waals surface area (Å²) in [5.41, 5.74) is 2.30. The molecule has 0 radical (unpaired) electrons. The van der Waals surface area contributed by atoms with Crippen LogP contribution in [0, 0.1) is 11.6 Å². The second-order valence-corrected chi connectivity index (χ2v) is 5.43. The van der Waals surface area contributed by atoms with Gasteiger partial charge in [0.2, 0.25) is 5.91 Å². The monoisotopic (exact) mass is 318 g/mol. The number of nitrogens with one attached hydrogen (secondary N) is 2. The van der Waals surface area contributed by atoms with Crippen molar-refractivity contribution in [3.05, 3.63) is 59.7 Å². The van der Waals surface area contributed by atoms with Gasteiger partial charge in [0.25, 0.3) is 0 Å². The van der Waals surface area contributed by atoms with Crippen LogP contribution in [-0.4, -0.2) is 11.9 Å². The van der Waals surface area contributed by atoms with Crippen LogP contribution in [-0.2, 0) is 11.2 Å². The summed E-state index contributed by atoms with van der Waals surface area (Å²) >= 11 is 0. The molecule has 0 heterocycles. The van der Waals surface area contributed by atoms with Crippen molar-refractivity contribution in [1.82, 2.24) is 0 Å². The molecule has 2 aromatic rings. The van der Waals surface area contributed by atoms with E-state index in [9.17, 15) is 13.6 Å². The summed E-state index contributed by atoms with van der Waals surface area (Å²) in [6.45, 7) is 3.83. The van der Waals surface area contributed by atoms with Crippen LogP contribution in [0.2, 0.25) is 0 Å². The first-order valence-corrected chi connectivity index (χ1v) is 7.61. The molecule has 0 aromatic heterocycles. The number of hydrogen-bond donors (Lipinski definition) is 2. The molecule has 3 nitrogen and oxygen atoms in total. The van der Waals surface area contributed by atoms with Gasteiger partial charge in [0, 0.05) is 17.4 Å². The Bertz CT molecular complexity index is 671. The minimum absolute atomic E-state index is 0.223.